The molecule has 0 bridgehead atoms. The van der Waals surface area contributed by atoms with Crippen molar-refractivity contribution in [1.82, 2.24) is 4.98 Å². The molecule has 1 heterocycles. The molecule has 1 aromatic heterocycles. The number of aromatic nitrogens is 1. The molecule has 4 nitrogen and oxygen atoms in total. The maximum absolute atomic E-state index is 11.5. The van der Waals surface area contributed by atoms with Crippen LogP contribution in [0.2, 0.25) is 0 Å². The summed E-state index contributed by atoms with van der Waals surface area (Å²) in [5.41, 5.74) is 1.18. The average molecular weight is 406 g/mol. The Morgan fingerprint density at radius 1 is 1.42 bits per heavy atom. The van der Waals surface area contributed by atoms with E-state index >= 15 is 0 Å². The van der Waals surface area contributed by atoms with Crippen molar-refractivity contribution in [2.45, 2.75) is 6.92 Å². The minimum absolute atomic E-state index is 0.317. The topological polar surface area (TPSA) is 51.2 Å². The van der Waals surface area contributed by atoms with E-state index in [-0.39, 0.29) is 0 Å². The molecule has 0 aliphatic carbocycles. The van der Waals surface area contributed by atoms with E-state index in [0.29, 0.717) is 17.4 Å². The van der Waals surface area contributed by atoms with Crippen molar-refractivity contribution in [3.05, 3.63) is 38.2 Å². The number of rotatable bonds is 4. The Labute approximate surface area is 131 Å². The molecule has 19 heavy (non-hydrogen) atoms. The fourth-order valence-corrected chi connectivity index (χ4v) is 3.24. The lowest BCUT2D eigenvalue weighted by molar-refractivity contribution is 0.0520. The van der Waals surface area contributed by atoms with E-state index in [0.717, 1.165) is 14.6 Å². The number of halogens is 2. The zero-order chi connectivity index (χ0) is 13.8. The van der Waals surface area contributed by atoms with Gasteiger partial charge in [0.25, 0.3) is 0 Å². The van der Waals surface area contributed by atoms with Crippen LogP contribution in [0.1, 0.15) is 17.4 Å². The van der Waals surface area contributed by atoms with Crippen molar-refractivity contribution in [2.75, 3.05) is 11.9 Å². The fraction of sp³-hybridized carbons (Fsp3) is 0.167. The molecular formula is C12H10Br2N2O2S. The van der Waals surface area contributed by atoms with Crippen molar-refractivity contribution in [3.8, 4) is 0 Å². The Kier molecular flexibility index (Phi) is 4.95. The highest BCUT2D eigenvalue weighted by molar-refractivity contribution is 9.11. The molecule has 0 amide bonds. The van der Waals surface area contributed by atoms with Gasteiger partial charge in [-0.1, -0.05) is 6.07 Å². The first-order valence-corrected chi connectivity index (χ1v) is 7.92. The number of nitrogens with zero attached hydrogens (tertiary/aromatic N) is 1. The van der Waals surface area contributed by atoms with Crippen molar-refractivity contribution >= 4 is 60.0 Å². The standard InChI is InChI=1S/C12H10Br2N2O2S/c1-2-18-11(17)9-6-19-12(15-9)16-10-7(13)4-3-5-8(10)14/h3-6H,2H2,1H3,(H,15,16). The SMILES string of the molecule is CCOC(=O)c1csc(Nc2c(Br)cccc2Br)n1. The van der Waals surface area contributed by atoms with Crippen LogP contribution in [0.4, 0.5) is 10.8 Å². The van der Waals surface area contributed by atoms with Crippen LogP contribution in [-0.4, -0.2) is 17.6 Å². The van der Waals surface area contributed by atoms with Gasteiger partial charge in [-0.3, -0.25) is 0 Å². The average Bonchev–Trinajstić information content (AvgIpc) is 2.83. The molecular weight excluding hydrogens is 396 g/mol. The Morgan fingerprint density at radius 2 is 2.11 bits per heavy atom. The summed E-state index contributed by atoms with van der Waals surface area (Å²) in [6.45, 7) is 2.11. The van der Waals surface area contributed by atoms with E-state index in [1.54, 1.807) is 12.3 Å². The molecule has 0 unspecified atom stereocenters. The number of carbonyl (C=O) groups excluding carboxylic acids is 1. The molecule has 0 radical (unpaired) electrons. The second-order valence-electron chi connectivity index (χ2n) is 3.48. The number of para-hydroxylation sites is 1. The van der Waals surface area contributed by atoms with Gasteiger partial charge in [-0.05, 0) is 50.9 Å². The van der Waals surface area contributed by atoms with E-state index < -0.39 is 5.97 Å². The number of ether oxygens (including phenoxy) is 1. The van der Waals surface area contributed by atoms with Crippen LogP contribution in [0.3, 0.4) is 0 Å². The summed E-state index contributed by atoms with van der Waals surface area (Å²) in [5.74, 6) is -0.405. The second-order valence-corrected chi connectivity index (χ2v) is 6.05. The number of nitrogens with one attached hydrogen (secondary N) is 1. The van der Waals surface area contributed by atoms with Crippen LogP contribution < -0.4 is 5.32 Å². The van der Waals surface area contributed by atoms with Crippen LogP contribution in [0.15, 0.2) is 32.5 Å². The van der Waals surface area contributed by atoms with Crippen LogP contribution in [0, 0.1) is 0 Å². The molecule has 1 N–H and O–H groups in total. The van der Waals surface area contributed by atoms with Crippen LogP contribution in [-0.2, 0) is 4.74 Å². The quantitative estimate of drug-likeness (QED) is 0.755. The number of hydrogen-bond donors (Lipinski definition) is 1. The van der Waals surface area contributed by atoms with Crippen LogP contribution in [0.25, 0.3) is 0 Å². The van der Waals surface area contributed by atoms with Gasteiger partial charge in [0.05, 0.1) is 12.3 Å². The summed E-state index contributed by atoms with van der Waals surface area (Å²) < 4.78 is 6.72. The van der Waals surface area contributed by atoms with Gasteiger partial charge in [-0.25, -0.2) is 9.78 Å². The van der Waals surface area contributed by atoms with Crippen molar-refractivity contribution < 1.29 is 9.53 Å². The molecule has 7 heteroatoms. The second kappa shape index (κ2) is 6.49. The number of carbonyl (C=O) groups is 1. The third-order valence-electron chi connectivity index (χ3n) is 2.18. The molecule has 0 atom stereocenters. The van der Waals surface area contributed by atoms with Gasteiger partial charge in [0.2, 0.25) is 0 Å². The number of esters is 1. The fourth-order valence-electron chi connectivity index (χ4n) is 1.35. The summed E-state index contributed by atoms with van der Waals surface area (Å²) in [7, 11) is 0. The van der Waals surface area contributed by atoms with Gasteiger partial charge in [0.1, 0.15) is 0 Å². The van der Waals surface area contributed by atoms with Gasteiger partial charge < -0.3 is 10.1 Å². The Morgan fingerprint density at radius 3 is 2.74 bits per heavy atom. The molecule has 1 aromatic carbocycles. The first-order chi connectivity index (χ1) is 9.11. The molecule has 2 rings (SSSR count). The van der Waals surface area contributed by atoms with Gasteiger partial charge in [0.15, 0.2) is 10.8 Å². The lowest BCUT2D eigenvalue weighted by atomic mass is 10.3. The van der Waals surface area contributed by atoms with E-state index in [1.807, 2.05) is 18.2 Å². The van der Waals surface area contributed by atoms with Gasteiger partial charge in [-0.15, -0.1) is 11.3 Å². The summed E-state index contributed by atoms with van der Waals surface area (Å²) >= 11 is 8.27. The van der Waals surface area contributed by atoms with Crippen LogP contribution >= 0.6 is 43.2 Å². The molecule has 0 spiro atoms. The Hall–Kier alpha value is -0.920. The van der Waals surface area contributed by atoms with Crippen molar-refractivity contribution in [1.29, 1.82) is 0 Å². The van der Waals surface area contributed by atoms with Gasteiger partial charge in [0, 0.05) is 14.3 Å². The predicted octanol–water partition coefficient (Wildman–Crippen LogP) is 4.59. The normalized spacial score (nSPS) is 10.3. The first-order valence-electron chi connectivity index (χ1n) is 5.45. The zero-order valence-corrected chi connectivity index (χ0v) is 13.9. The lowest BCUT2D eigenvalue weighted by Crippen LogP contribution is -2.05. The molecule has 0 aliphatic heterocycles. The maximum atomic E-state index is 11.5. The summed E-state index contributed by atoms with van der Waals surface area (Å²) in [6, 6.07) is 5.77. The van der Waals surface area contributed by atoms with E-state index in [4.69, 9.17) is 4.74 Å². The summed E-state index contributed by atoms with van der Waals surface area (Å²) in [4.78, 5) is 15.7. The first kappa shape index (κ1) is 14.5. The zero-order valence-electron chi connectivity index (χ0n) is 9.94. The highest BCUT2D eigenvalue weighted by Gasteiger charge is 2.13. The third-order valence-corrected chi connectivity index (χ3v) is 4.26. The number of hydrogen-bond acceptors (Lipinski definition) is 5. The molecule has 2 aromatic rings. The smallest absolute Gasteiger partial charge is 0.357 e. The number of anilines is 2. The molecule has 0 fully saturated rings. The van der Waals surface area contributed by atoms with E-state index in [9.17, 15) is 4.79 Å². The molecule has 0 saturated heterocycles. The third kappa shape index (κ3) is 3.55. The van der Waals surface area contributed by atoms with Gasteiger partial charge in [-0.2, -0.15) is 0 Å². The maximum Gasteiger partial charge on any atom is 0.357 e. The lowest BCUT2D eigenvalue weighted by Gasteiger charge is -2.07. The monoisotopic (exact) mass is 404 g/mol. The number of thiazole rings is 1. The Balaban J connectivity index is 2.18. The summed E-state index contributed by atoms with van der Waals surface area (Å²) in [5, 5.41) is 5.47. The van der Waals surface area contributed by atoms with Crippen LogP contribution in [0.5, 0.6) is 0 Å². The predicted molar refractivity (Wildman–Crippen MR) is 83.2 cm³/mol. The minimum atomic E-state index is -0.405. The minimum Gasteiger partial charge on any atom is -0.461 e. The highest BCUT2D eigenvalue weighted by Crippen LogP contribution is 2.33. The summed E-state index contributed by atoms with van der Waals surface area (Å²) in [6.07, 6.45) is 0. The van der Waals surface area contributed by atoms with Gasteiger partial charge >= 0.3 is 5.97 Å². The molecule has 0 aliphatic rings. The van der Waals surface area contributed by atoms with Crippen molar-refractivity contribution in [3.63, 3.8) is 0 Å². The van der Waals surface area contributed by atoms with E-state index in [2.05, 4.69) is 42.2 Å². The highest BCUT2D eigenvalue weighted by atomic mass is 79.9. The number of benzene rings is 1. The Bertz CT molecular complexity index is 581. The molecule has 100 valence electrons. The molecule has 0 saturated carbocycles. The van der Waals surface area contributed by atoms with Crippen molar-refractivity contribution in [2.24, 2.45) is 0 Å². The van der Waals surface area contributed by atoms with E-state index in [1.165, 1.54) is 11.3 Å². The largest absolute Gasteiger partial charge is 0.461 e.